The summed E-state index contributed by atoms with van der Waals surface area (Å²) < 4.78 is 162. The first-order valence-electron chi connectivity index (χ1n) is 36.6. The van der Waals surface area contributed by atoms with Crippen LogP contribution in [0, 0.1) is 0 Å². The summed E-state index contributed by atoms with van der Waals surface area (Å²) in [5.74, 6) is -0.346. The summed E-state index contributed by atoms with van der Waals surface area (Å²) >= 11 is 17.3. The molecule has 43 heteroatoms. The topological polar surface area (TPSA) is 334 Å². The monoisotopic (exact) mass is 1840 g/mol. The third-order valence-corrected chi connectivity index (χ3v) is 21.1. The molecular formula is C78H88Cl3F6N10Na2O18P3S. The minimum Gasteiger partial charge on any atom is -1.00 e. The molecule has 2 aliphatic heterocycles. The van der Waals surface area contributed by atoms with E-state index in [1.807, 2.05) is 142 Å². The van der Waals surface area contributed by atoms with Gasteiger partial charge in [0.2, 0.25) is 0 Å². The number of hydrogen-bond acceptors (Lipinski definition) is 20. The number of rotatable bonds is 35. The van der Waals surface area contributed by atoms with Gasteiger partial charge in [-0.2, -0.15) is 36.5 Å². The number of hydrogen-bond donors (Lipinski definition) is 3. The maximum Gasteiger partial charge on any atom is 1.00 e. The summed E-state index contributed by atoms with van der Waals surface area (Å²) in [5.41, 5.74) is 3.52. The van der Waals surface area contributed by atoms with E-state index >= 15 is 0 Å². The van der Waals surface area contributed by atoms with Crippen molar-refractivity contribution in [1.29, 1.82) is 0 Å². The van der Waals surface area contributed by atoms with E-state index in [9.17, 15) is 64.1 Å². The fourth-order valence-corrected chi connectivity index (χ4v) is 14.4. The third kappa shape index (κ3) is 32.1. The fourth-order valence-electron chi connectivity index (χ4n) is 11.6. The Balaban J connectivity index is 0.000000345. The van der Waals surface area contributed by atoms with E-state index in [-0.39, 0.29) is 163 Å². The molecule has 1 unspecified atom stereocenters. The van der Waals surface area contributed by atoms with Crippen molar-refractivity contribution in [2.45, 2.75) is 131 Å². The van der Waals surface area contributed by atoms with Gasteiger partial charge in [0.1, 0.15) is 17.7 Å². The molecule has 1 atom stereocenters. The van der Waals surface area contributed by atoms with Crippen molar-refractivity contribution >= 4 is 93.1 Å². The number of halogens is 9. The molecule has 0 amide bonds. The second kappa shape index (κ2) is 50.6. The number of benzene rings is 6. The van der Waals surface area contributed by atoms with E-state index in [1.54, 1.807) is 31.6 Å². The molecule has 12 rings (SSSR count). The number of thioether (sulfide) groups is 1. The third-order valence-electron chi connectivity index (χ3n) is 17.1. The molecule has 121 heavy (non-hydrogen) atoms. The number of aromatic nitrogens is 8. The molecule has 0 saturated heterocycles. The van der Waals surface area contributed by atoms with Gasteiger partial charge in [0.25, 0.3) is 11.1 Å². The van der Waals surface area contributed by atoms with Gasteiger partial charge >= 0.3 is 106 Å². The van der Waals surface area contributed by atoms with Crippen LogP contribution in [0.4, 0.5) is 38.0 Å². The first-order chi connectivity index (χ1) is 56.8. The maximum atomic E-state index is 13.4. The number of nitrogens with zero attached hydrogens (tertiary/aromatic N) is 10. The molecule has 2 aliphatic rings. The van der Waals surface area contributed by atoms with Crippen LogP contribution in [0.2, 0.25) is 0 Å². The number of alkyl halides is 9. The Morgan fingerprint density at radius 1 is 0.504 bits per heavy atom. The number of ether oxygens (including phenoxy) is 2. The molecule has 0 saturated carbocycles. The van der Waals surface area contributed by atoms with Gasteiger partial charge in [-0.15, -0.1) is 35.0 Å². The predicted octanol–water partition coefficient (Wildman–Crippen LogP) is 11.0. The van der Waals surface area contributed by atoms with Crippen molar-refractivity contribution in [1.82, 2.24) is 37.8 Å². The first-order valence-corrected chi connectivity index (χ1v) is 43.8. The number of phosphoric acid groups is 3. The van der Waals surface area contributed by atoms with Crippen LogP contribution in [0.15, 0.2) is 224 Å². The van der Waals surface area contributed by atoms with Gasteiger partial charge in [-0.05, 0) is 84.3 Å². The van der Waals surface area contributed by atoms with Crippen molar-refractivity contribution in [2.75, 3.05) is 36.7 Å². The van der Waals surface area contributed by atoms with Crippen molar-refractivity contribution in [3.8, 4) is 0 Å². The molecule has 0 radical (unpaired) electrons. The minimum absolute atomic E-state index is 0. The van der Waals surface area contributed by atoms with E-state index < -0.39 is 70.9 Å². The molecule has 6 heterocycles. The average Bonchev–Trinajstić information content (AvgIpc) is 1.59. The van der Waals surface area contributed by atoms with Crippen LogP contribution in [0.25, 0.3) is 0 Å². The zero-order valence-electron chi connectivity index (χ0n) is 68.6. The Hall–Kier alpha value is -6.51. The number of aliphatic imine (C=N–C) groups is 2. The summed E-state index contributed by atoms with van der Waals surface area (Å²) in [6.07, 6.45) is -1.23. The number of fused-ring (bicyclic) bond motifs is 2. The van der Waals surface area contributed by atoms with Crippen LogP contribution in [-0.2, 0) is 135 Å². The van der Waals surface area contributed by atoms with Crippen LogP contribution in [0.5, 0.6) is 0 Å². The standard InChI is InChI=1S/C24H27F3N5O7P.C22H22F3N5O2.C16H18ClO5P.C14H15O4P.C2H4Cl2S.2Na.2H/c1-3-8-32-22(33)19-18(13-38-14-39-40(35,36)37)20(29-21(19)31(4-2)23(32)34)16-10-28-30(12-16)11-15-6-5-7-17(9-15)24(25,26)27;1-3-8-30-20(31)17-10-18(27-19(17)29(4-2)21(30)32)15-11-26-28(13-15)12-14-6-5-7-16(9-14)22(23,24)25;17-13-19-14-22-23(18,20-11-15-7-3-1-4-8-15)21-12-16-9-5-2-6-10-16;15-19(16,17-11-13-7-3-1-4-8-13)18-12-14-9-5-2-6-10-14;3-1-5-2-4;;;;/h5-7,9-10,12,18H,3-4,8,11,13-14H2,1-2H3,(H2,35,36,37);5-7,9,11,13H,3-4,8,10,12H2,1-2H3;1-10H,11-14H2;1-10H,11-12H2,(H,15,16);1-2H2;;;;/q;;;;;2*+1;2*-1. The summed E-state index contributed by atoms with van der Waals surface area (Å²) in [4.78, 5) is 88.5. The second-order valence-electron chi connectivity index (χ2n) is 25.6. The molecule has 4 aromatic heterocycles. The molecule has 10 aromatic rings. The molecular weight excluding hydrogens is 1760 g/mol. The van der Waals surface area contributed by atoms with Gasteiger partial charge in [0, 0.05) is 56.1 Å². The van der Waals surface area contributed by atoms with Crippen LogP contribution >= 0.6 is 70.0 Å². The van der Waals surface area contributed by atoms with Crippen molar-refractivity contribution < 1.29 is 153 Å². The van der Waals surface area contributed by atoms with Crippen molar-refractivity contribution in [3.63, 3.8) is 0 Å². The van der Waals surface area contributed by atoms with Crippen molar-refractivity contribution in [3.05, 3.63) is 303 Å². The van der Waals surface area contributed by atoms with E-state index in [0.717, 1.165) is 51.1 Å². The minimum atomic E-state index is -4.81. The fraction of sp³-hybridized carbons (Fsp3) is 0.333. The van der Waals surface area contributed by atoms with E-state index in [1.165, 1.54) is 59.2 Å². The Morgan fingerprint density at radius 3 is 1.33 bits per heavy atom. The molecule has 0 fully saturated rings. The van der Waals surface area contributed by atoms with Gasteiger partial charge in [-0.1, -0.05) is 171 Å². The smallest absolute Gasteiger partial charge is 1.00 e. The van der Waals surface area contributed by atoms with E-state index in [4.69, 9.17) is 76.7 Å². The SMILES string of the molecule is CCCn1c(=O)c2c(n(CC)c1=O)N=C(c1cnn(Cc3cccc(C(F)(F)F)c3)c1)C2.CCCn1c(=O)c2c(n(CC)c1=O)N=C(c1cnn(Cc3cccc(C(F)(F)F)c3)c1)C2COCOP(=O)(O)O.ClCSCCl.O=P(O)(OCc1ccccc1)OCc1ccccc1.O=P(OCOCCl)(OCc1ccccc1)OCc1ccccc1.[H-].[H-].[Na+].[Na+]. The van der Waals surface area contributed by atoms with Crippen molar-refractivity contribution in [2.24, 2.45) is 9.98 Å². The summed E-state index contributed by atoms with van der Waals surface area (Å²) in [5, 5.41) is 9.68. The summed E-state index contributed by atoms with van der Waals surface area (Å²) in [6.45, 7) is 7.54. The zero-order valence-corrected chi connectivity index (χ0v) is 76.3. The van der Waals surface area contributed by atoms with Gasteiger partial charge in [-0.25, -0.2) is 33.3 Å². The molecule has 6 aromatic carbocycles. The summed E-state index contributed by atoms with van der Waals surface area (Å²) in [7, 11) is -12.6. The van der Waals surface area contributed by atoms with Crippen LogP contribution in [0.1, 0.15) is 116 Å². The van der Waals surface area contributed by atoms with Crippen LogP contribution in [-0.4, -0.2) is 101 Å². The Labute approximate surface area is 758 Å². The van der Waals surface area contributed by atoms with E-state index in [0.29, 0.717) is 81.4 Å². The van der Waals surface area contributed by atoms with Gasteiger partial charge in [0.05, 0.1) is 109 Å². The Kier molecular flexibility index (Phi) is 43.2. The summed E-state index contributed by atoms with van der Waals surface area (Å²) in [6, 6.07) is 46.9. The number of phosphoric ester groups is 3. The molecule has 0 spiro atoms. The molecule has 0 bridgehead atoms. The predicted molar refractivity (Wildman–Crippen MR) is 442 cm³/mol. The van der Waals surface area contributed by atoms with E-state index in [2.05, 4.69) is 24.7 Å². The molecule has 3 N–H and O–H groups in total. The second-order valence-corrected chi connectivity index (χ2v) is 32.3. The Morgan fingerprint density at radius 2 is 0.917 bits per heavy atom. The zero-order chi connectivity index (χ0) is 86.3. The Bertz CT molecular complexity index is 5330. The van der Waals surface area contributed by atoms with Gasteiger partial charge in [-0.3, -0.25) is 64.4 Å². The largest absolute Gasteiger partial charge is 1.00 e. The molecule has 0 aliphatic carbocycles. The molecule has 644 valence electrons. The quantitative estimate of drug-likeness (QED) is 0.00829. The molecule has 28 nitrogen and oxygen atoms in total. The van der Waals surface area contributed by atoms with Crippen LogP contribution in [0.3, 0.4) is 0 Å². The first kappa shape index (κ1) is 103. The maximum absolute atomic E-state index is 13.4. The van der Waals surface area contributed by atoms with Gasteiger partial charge < -0.3 is 27.0 Å². The van der Waals surface area contributed by atoms with Crippen LogP contribution < -0.4 is 81.6 Å². The van der Waals surface area contributed by atoms with Gasteiger partial charge in [0.15, 0.2) is 13.6 Å². The normalized spacial score (nSPS) is 12.9. The average molecular weight is 1840 g/mol.